The van der Waals surface area contributed by atoms with E-state index in [1.54, 1.807) is 6.20 Å². The number of rotatable bonds is 4. The molecule has 2 fully saturated rings. The molecule has 0 aliphatic carbocycles. The summed E-state index contributed by atoms with van der Waals surface area (Å²) in [4.78, 5) is 19.3. The number of hydrogen-bond acceptors (Lipinski definition) is 3. The van der Waals surface area contributed by atoms with E-state index in [9.17, 15) is 4.79 Å². The summed E-state index contributed by atoms with van der Waals surface area (Å²) >= 11 is 0. The summed E-state index contributed by atoms with van der Waals surface area (Å²) in [6.07, 6.45) is 4.95. The van der Waals surface area contributed by atoms with Crippen LogP contribution in [0, 0.1) is 18.8 Å². The molecular formula is C21H27Cl2N3O. The number of pyridine rings is 1. The molecule has 2 saturated heterocycles. The first-order chi connectivity index (χ1) is 12.2. The summed E-state index contributed by atoms with van der Waals surface area (Å²) in [5.41, 5.74) is 3.72. The second kappa shape index (κ2) is 9.54. The van der Waals surface area contributed by atoms with Crippen LogP contribution in [0.15, 0.2) is 48.8 Å². The van der Waals surface area contributed by atoms with Crippen LogP contribution in [-0.2, 0) is 11.2 Å². The molecule has 0 radical (unpaired) electrons. The van der Waals surface area contributed by atoms with Crippen LogP contribution >= 0.6 is 24.8 Å². The second-order valence-corrected chi connectivity index (χ2v) is 7.29. The maximum absolute atomic E-state index is 13.0. The van der Waals surface area contributed by atoms with Gasteiger partial charge in [0.15, 0.2) is 0 Å². The van der Waals surface area contributed by atoms with Crippen molar-refractivity contribution in [3.05, 3.63) is 65.5 Å². The Balaban J connectivity index is 0.00000131. The van der Waals surface area contributed by atoms with Gasteiger partial charge >= 0.3 is 0 Å². The number of halogens is 2. The monoisotopic (exact) mass is 407 g/mol. The number of aryl methyl sites for hydroxylation is 2. The number of carbonyl (C=O) groups excluding carboxylic acids is 1. The number of fused-ring (bicyclic) bond motifs is 1. The molecule has 4 nitrogen and oxygen atoms in total. The van der Waals surface area contributed by atoms with Crippen molar-refractivity contribution < 1.29 is 4.79 Å². The van der Waals surface area contributed by atoms with Gasteiger partial charge in [-0.2, -0.15) is 0 Å². The molecule has 3 heterocycles. The Morgan fingerprint density at radius 1 is 1.19 bits per heavy atom. The van der Waals surface area contributed by atoms with Crippen molar-refractivity contribution in [3.63, 3.8) is 0 Å². The minimum Gasteiger partial charge on any atom is -0.335 e. The van der Waals surface area contributed by atoms with E-state index < -0.39 is 0 Å². The van der Waals surface area contributed by atoms with Crippen molar-refractivity contribution >= 4 is 30.7 Å². The van der Waals surface area contributed by atoms with Crippen LogP contribution < -0.4 is 5.32 Å². The Morgan fingerprint density at radius 3 is 2.74 bits per heavy atom. The molecule has 146 valence electrons. The molecule has 0 saturated carbocycles. The first-order valence-electron chi connectivity index (χ1n) is 9.18. The number of nitrogens with zero attached hydrogens (tertiary/aromatic N) is 2. The van der Waals surface area contributed by atoms with Crippen LogP contribution in [-0.4, -0.2) is 35.4 Å². The summed E-state index contributed by atoms with van der Waals surface area (Å²) in [7, 11) is 0. The lowest BCUT2D eigenvalue weighted by atomic mass is 9.87. The van der Waals surface area contributed by atoms with Gasteiger partial charge in [-0.05, 0) is 42.0 Å². The minimum absolute atomic E-state index is 0. The molecular weight excluding hydrogens is 381 g/mol. The molecule has 0 unspecified atom stereocenters. The first kappa shape index (κ1) is 21.7. The van der Waals surface area contributed by atoms with E-state index >= 15 is 0 Å². The highest BCUT2D eigenvalue weighted by Gasteiger charge is 2.46. The van der Waals surface area contributed by atoms with Crippen LogP contribution in [0.3, 0.4) is 0 Å². The fraction of sp³-hybridized carbons (Fsp3) is 0.429. The fourth-order valence-electron chi connectivity index (χ4n) is 4.44. The molecule has 2 aliphatic rings. The third-order valence-corrected chi connectivity index (χ3v) is 5.74. The van der Waals surface area contributed by atoms with Gasteiger partial charge in [-0.15, -0.1) is 24.8 Å². The van der Waals surface area contributed by atoms with Crippen molar-refractivity contribution in [3.8, 4) is 0 Å². The molecule has 1 N–H and O–H groups in total. The van der Waals surface area contributed by atoms with Crippen LogP contribution in [0.5, 0.6) is 0 Å². The van der Waals surface area contributed by atoms with Gasteiger partial charge in [-0.3, -0.25) is 9.78 Å². The van der Waals surface area contributed by atoms with E-state index in [0.29, 0.717) is 18.3 Å². The van der Waals surface area contributed by atoms with Gasteiger partial charge in [0.25, 0.3) is 0 Å². The molecule has 6 heteroatoms. The van der Waals surface area contributed by atoms with Gasteiger partial charge in [-0.25, -0.2) is 0 Å². The topological polar surface area (TPSA) is 45.2 Å². The predicted octanol–water partition coefficient (Wildman–Crippen LogP) is 3.59. The summed E-state index contributed by atoms with van der Waals surface area (Å²) in [6.45, 7) is 5.07. The third-order valence-electron chi connectivity index (χ3n) is 5.74. The van der Waals surface area contributed by atoms with Crippen molar-refractivity contribution in [2.45, 2.75) is 25.8 Å². The van der Waals surface area contributed by atoms with E-state index in [2.05, 4.69) is 46.4 Å². The highest BCUT2D eigenvalue weighted by Crippen LogP contribution is 2.43. The molecule has 4 rings (SSSR count). The zero-order valence-corrected chi connectivity index (χ0v) is 17.1. The molecule has 3 atom stereocenters. The van der Waals surface area contributed by atoms with Crippen LogP contribution in [0.1, 0.15) is 29.2 Å². The molecule has 2 aromatic rings. The van der Waals surface area contributed by atoms with E-state index in [1.807, 2.05) is 18.3 Å². The van der Waals surface area contributed by atoms with Crippen molar-refractivity contribution in [1.82, 2.24) is 15.2 Å². The largest absolute Gasteiger partial charge is 0.335 e. The molecule has 27 heavy (non-hydrogen) atoms. The average Bonchev–Trinajstić information content (AvgIpc) is 3.22. The number of carbonyl (C=O) groups is 1. The average molecular weight is 408 g/mol. The van der Waals surface area contributed by atoms with Gasteiger partial charge in [0.2, 0.25) is 5.91 Å². The maximum atomic E-state index is 13.0. The van der Waals surface area contributed by atoms with Crippen molar-refractivity contribution in [2.24, 2.45) is 11.8 Å². The number of hydrogen-bond donors (Lipinski definition) is 1. The number of aromatic nitrogens is 1. The molecule has 2 aliphatic heterocycles. The Morgan fingerprint density at radius 2 is 2.00 bits per heavy atom. The predicted molar refractivity (Wildman–Crippen MR) is 113 cm³/mol. The van der Waals surface area contributed by atoms with Crippen molar-refractivity contribution in [2.75, 3.05) is 19.6 Å². The Hall–Kier alpha value is -1.62. The highest BCUT2D eigenvalue weighted by molar-refractivity contribution is 5.85. The summed E-state index contributed by atoms with van der Waals surface area (Å²) < 4.78 is 0. The van der Waals surface area contributed by atoms with E-state index in [4.69, 9.17) is 0 Å². The Bertz CT molecular complexity index is 756. The quantitative estimate of drug-likeness (QED) is 0.841. The fourth-order valence-corrected chi connectivity index (χ4v) is 4.44. The SMILES string of the molecule is Cc1ccccc1[C@H]1[C@H]2CNC[C@H]2CN1C(=O)CCc1cccnc1.Cl.Cl. The lowest BCUT2D eigenvalue weighted by Gasteiger charge is -2.29. The standard InChI is InChI=1S/C21H25N3O.2ClH/c1-15-5-2-3-7-18(15)21-19-13-23-12-17(19)14-24(21)20(25)9-8-16-6-4-10-22-11-16;;/h2-7,10-11,17,19,21,23H,8-9,12-14H2,1H3;2*1H/t17-,19-,21-;;/m0../s1. The number of benzene rings is 1. The highest BCUT2D eigenvalue weighted by atomic mass is 35.5. The zero-order valence-electron chi connectivity index (χ0n) is 15.5. The molecule has 0 spiro atoms. The molecule has 0 bridgehead atoms. The smallest absolute Gasteiger partial charge is 0.223 e. The van der Waals surface area contributed by atoms with E-state index in [-0.39, 0.29) is 36.8 Å². The molecule has 1 aromatic heterocycles. The Kier molecular flexibility index (Phi) is 7.66. The van der Waals surface area contributed by atoms with Crippen LogP contribution in [0.2, 0.25) is 0 Å². The number of amides is 1. The lowest BCUT2D eigenvalue weighted by Crippen LogP contribution is -2.35. The number of nitrogens with one attached hydrogen (secondary N) is 1. The van der Waals surface area contributed by atoms with Gasteiger partial charge in [-0.1, -0.05) is 30.3 Å². The maximum Gasteiger partial charge on any atom is 0.223 e. The van der Waals surface area contributed by atoms with Crippen LogP contribution in [0.4, 0.5) is 0 Å². The second-order valence-electron chi connectivity index (χ2n) is 7.29. The van der Waals surface area contributed by atoms with Gasteiger partial charge in [0, 0.05) is 44.4 Å². The lowest BCUT2D eigenvalue weighted by molar-refractivity contribution is -0.132. The zero-order chi connectivity index (χ0) is 17.2. The van der Waals surface area contributed by atoms with Gasteiger partial charge in [0.05, 0.1) is 6.04 Å². The minimum atomic E-state index is 0. The normalized spacial score (nSPS) is 23.3. The van der Waals surface area contributed by atoms with Gasteiger partial charge in [0.1, 0.15) is 0 Å². The summed E-state index contributed by atoms with van der Waals surface area (Å²) in [5.74, 6) is 1.38. The van der Waals surface area contributed by atoms with E-state index in [0.717, 1.165) is 31.6 Å². The first-order valence-corrected chi connectivity index (χ1v) is 9.18. The van der Waals surface area contributed by atoms with Crippen molar-refractivity contribution in [1.29, 1.82) is 0 Å². The van der Waals surface area contributed by atoms with Gasteiger partial charge < -0.3 is 10.2 Å². The summed E-state index contributed by atoms with van der Waals surface area (Å²) in [6, 6.07) is 12.7. The molecule has 1 amide bonds. The van der Waals surface area contributed by atoms with E-state index in [1.165, 1.54) is 11.1 Å². The van der Waals surface area contributed by atoms with Crippen LogP contribution in [0.25, 0.3) is 0 Å². The molecule has 1 aromatic carbocycles. The number of likely N-dealkylation sites (tertiary alicyclic amines) is 1. The Labute approximate surface area is 173 Å². The summed E-state index contributed by atoms with van der Waals surface area (Å²) in [5, 5.41) is 3.51. The third kappa shape index (κ3) is 4.45.